The molecule has 1 aromatic heterocycles. The van der Waals surface area contributed by atoms with Gasteiger partial charge in [-0.2, -0.15) is 5.10 Å². The van der Waals surface area contributed by atoms with Gasteiger partial charge in [0, 0.05) is 6.54 Å². The van der Waals surface area contributed by atoms with Crippen LogP contribution in [-0.2, 0) is 6.54 Å². The first-order valence-electron chi connectivity index (χ1n) is 6.83. The van der Waals surface area contributed by atoms with Crippen molar-refractivity contribution in [2.75, 3.05) is 25.4 Å². The molecule has 0 radical (unpaired) electrons. The van der Waals surface area contributed by atoms with Crippen molar-refractivity contribution in [3.8, 4) is 5.75 Å². The van der Waals surface area contributed by atoms with E-state index in [1.165, 1.54) is 0 Å². The third-order valence-corrected chi connectivity index (χ3v) is 3.52. The first-order valence-corrected chi connectivity index (χ1v) is 6.83. The van der Waals surface area contributed by atoms with Gasteiger partial charge in [0.15, 0.2) is 5.82 Å². The fourth-order valence-electron chi connectivity index (χ4n) is 2.39. The number of phenols is 1. The van der Waals surface area contributed by atoms with Crippen LogP contribution in [0.4, 0.5) is 5.82 Å². The van der Waals surface area contributed by atoms with Crippen molar-refractivity contribution in [3.63, 3.8) is 0 Å². The minimum absolute atomic E-state index is 0. The molecule has 21 heavy (non-hydrogen) atoms. The summed E-state index contributed by atoms with van der Waals surface area (Å²) in [5.41, 5.74) is 6.76. The minimum Gasteiger partial charge on any atom is -0.507 e. The highest BCUT2D eigenvalue weighted by molar-refractivity contribution is 5.94. The molecule has 0 aliphatic rings. The van der Waals surface area contributed by atoms with Crippen molar-refractivity contribution in [3.05, 3.63) is 18.2 Å². The Balaban J connectivity index is 0.00000200. The zero-order valence-electron chi connectivity index (χ0n) is 12.5. The van der Waals surface area contributed by atoms with Gasteiger partial charge in [-0.05, 0) is 38.2 Å². The van der Waals surface area contributed by atoms with Crippen LogP contribution in [0, 0.1) is 0 Å². The van der Waals surface area contributed by atoms with Crippen LogP contribution in [-0.4, -0.2) is 39.4 Å². The lowest BCUT2D eigenvalue weighted by molar-refractivity contribution is 0.292. The van der Waals surface area contributed by atoms with Gasteiger partial charge in [0.25, 0.3) is 0 Å². The number of aryl methyl sites for hydroxylation is 1. The summed E-state index contributed by atoms with van der Waals surface area (Å²) in [4.78, 5) is 2.38. The smallest absolute Gasteiger partial charge is 0.157 e. The molecule has 7 heteroatoms. The third-order valence-electron chi connectivity index (χ3n) is 3.52. The monoisotopic (exact) mass is 334 g/mol. The molecule has 0 aliphatic heterocycles. The number of fused-ring (bicyclic) bond motifs is 1. The van der Waals surface area contributed by atoms with Crippen LogP contribution in [0.3, 0.4) is 0 Å². The molecule has 0 bridgehead atoms. The summed E-state index contributed by atoms with van der Waals surface area (Å²) >= 11 is 0. The van der Waals surface area contributed by atoms with Crippen LogP contribution < -0.4 is 5.73 Å². The van der Waals surface area contributed by atoms with Crippen LogP contribution in [0.2, 0.25) is 0 Å². The van der Waals surface area contributed by atoms with Gasteiger partial charge in [0.1, 0.15) is 5.75 Å². The molecule has 2 rings (SSSR count). The molecule has 120 valence electrons. The fourth-order valence-corrected chi connectivity index (χ4v) is 2.39. The van der Waals surface area contributed by atoms with Crippen molar-refractivity contribution >= 4 is 41.5 Å². The number of nitrogens with two attached hydrogens (primary N) is 1. The Morgan fingerprint density at radius 3 is 2.52 bits per heavy atom. The van der Waals surface area contributed by atoms with Crippen molar-refractivity contribution < 1.29 is 5.11 Å². The second-order valence-electron chi connectivity index (χ2n) is 4.66. The van der Waals surface area contributed by atoms with E-state index >= 15 is 0 Å². The van der Waals surface area contributed by atoms with E-state index < -0.39 is 0 Å². The number of hydrogen-bond donors (Lipinski definition) is 2. The molecule has 5 nitrogen and oxygen atoms in total. The lowest BCUT2D eigenvalue weighted by Crippen LogP contribution is -2.25. The quantitative estimate of drug-likeness (QED) is 0.852. The van der Waals surface area contributed by atoms with E-state index in [1.807, 2.05) is 16.8 Å². The number of nitrogens with zero attached hydrogens (tertiary/aromatic N) is 3. The SMILES string of the molecule is CCN(CC)CCCn1nc(N)c2c(O)cccc21.Cl.Cl. The molecule has 0 saturated carbocycles. The number of nitrogen functional groups attached to an aromatic ring is 1. The van der Waals surface area contributed by atoms with Crippen LogP contribution in [0.1, 0.15) is 20.3 Å². The Labute approximate surface area is 137 Å². The van der Waals surface area contributed by atoms with Gasteiger partial charge < -0.3 is 15.7 Å². The first-order chi connectivity index (χ1) is 9.17. The molecule has 0 fully saturated rings. The molecule has 0 spiro atoms. The lowest BCUT2D eigenvalue weighted by atomic mass is 10.2. The highest BCUT2D eigenvalue weighted by Crippen LogP contribution is 2.29. The van der Waals surface area contributed by atoms with Crippen molar-refractivity contribution in [1.82, 2.24) is 14.7 Å². The van der Waals surface area contributed by atoms with Crippen molar-refractivity contribution in [2.24, 2.45) is 0 Å². The molecule has 0 atom stereocenters. The average Bonchev–Trinajstić information content (AvgIpc) is 2.73. The molecule has 0 aliphatic carbocycles. The average molecular weight is 335 g/mol. The van der Waals surface area contributed by atoms with E-state index in [9.17, 15) is 5.11 Å². The van der Waals surface area contributed by atoms with Gasteiger partial charge in [-0.25, -0.2) is 0 Å². The highest BCUT2D eigenvalue weighted by atomic mass is 35.5. The number of aromatic nitrogens is 2. The Kier molecular flexibility index (Phi) is 8.47. The second kappa shape index (κ2) is 8.97. The lowest BCUT2D eigenvalue weighted by Gasteiger charge is -2.17. The van der Waals surface area contributed by atoms with Gasteiger partial charge in [-0.1, -0.05) is 19.9 Å². The van der Waals surface area contributed by atoms with Crippen LogP contribution in [0.25, 0.3) is 10.9 Å². The highest BCUT2D eigenvalue weighted by Gasteiger charge is 2.11. The summed E-state index contributed by atoms with van der Waals surface area (Å²) in [6, 6.07) is 5.40. The molecule has 2 aromatic rings. The van der Waals surface area contributed by atoms with Gasteiger partial charge in [-0.15, -0.1) is 24.8 Å². The van der Waals surface area contributed by atoms with Crippen LogP contribution >= 0.6 is 24.8 Å². The maximum absolute atomic E-state index is 9.81. The number of rotatable bonds is 6. The fraction of sp³-hybridized carbons (Fsp3) is 0.500. The molecule has 1 heterocycles. The Morgan fingerprint density at radius 1 is 1.24 bits per heavy atom. The minimum atomic E-state index is 0. The van der Waals surface area contributed by atoms with Gasteiger partial charge in [0.2, 0.25) is 0 Å². The van der Waals surface area contributed by atoms with Gasteiger partial charge >= 0.3 is 0 Å². The summed E-state index contributed by atoms with van der Waals surface area (Å²) in [5.74, 6) is 0.598. The molecule has 0 amide bonds. The van der Waals surface area contributed by atoms with Crippen molar-refractivity contribution in [2.45, 2.75) is 26.8 Å². The molecular formula is C14H24Cl2N4O. The maximum atomic E-state index is 9.81. The molecule has 3 N–H and O–H groups in total. The summed E-state index contributed by atoms with van der Waals surface area (Å²) < 4.78 is 1.88. The van der Waals surface area contributed by atoms with Gasteiger partial charge in [0.05, 0.1) is 10.9 Å². The molecule has 1 aromatic carbocycles. The molecule has 0 unspecified atom stereocenters. The second-order valence-corrected chi connectivity index (χ2v) is 4.66. The van der Waals surface area contributed by atoms with Crippen LogP contribution in [0.15, 0.2) is 18.2 Å². The summed E-state index contributed by atoms with van der Waals surface area (Å²) in [6.07, 6.45) is 1.02. The number of anilines is 1. The van der Waals surface area contributed by atoms with E-state index in [-0.39, 0.29) is 30.6 Å². The predicted molar refractivity (Wildman–Crippen MR) is 92.7 cm³/mol. The predicted octanol–water partition coefficient (Wildman–Crippen LogP) is 2.90. The number of aromatic hydroxyl groups is 1. The maximum Gasteiger partial charge on any atom is 0.157 e. The number of benzene rings is 1. The van der Waals surface area contributed by atoms with E-state index in [4.69, 9.17) is 5.73 Å². The van der Waals surface area contributed by atoms with E-state index in [2.05, 4.69) is 23.8 Å². The summed E-state index contributed by atoms with van der Waals surface area (Å²) in [5, 5.41) is 14.8. The Bertz CT molecular complexity index is 555. The van der Waals surface area contributed by atoms with E-state index in [1.54, 1.807) is 6.07 Å². The zero-order valence-corrected chi connectivity index (χ0v) is 14.1. The third kappa shape index (κ3) is 4.40. The molecule has 0 saturated heterocycles. The number of halogens is 2. The summed E-state index contributed by atoms with van der Waals surface area (Å²) in [6.45, 7) is 8.34. The van der Waals surface area contributed by atoms with Crippen molar-refractivity contribution in [1.29, 1.82) is 0 Å². The van der Waals surface area contributed by atoms with Crippen LogP contribution in [0.5, 0.6) is 5.75 Å². The number of hydrogen-bond acceptors (Lipinski definition) is 4. The Hall–Kier alpha value is -1.17. The zero-order chi connectivity index (χ0) is 13.8. The largest absolute Gasteiger partial charge is 0.507 e. The Morgan fingerprint density at radius 2 is 1.90 bits per heavy atom. The normalized spacial score (nSPS) is 10.4. The van der Waals surface area contributed by atoms with Gasteiger partial charge in [-0.3, -0.25) is 4.68 Å². The standard InChI is InChI=1S/C14H22N4O.2ClH/c1-3-17(4-2)9-6-10-18-11-7-5-8-12(19)13(11)14(15)16-18;;/h5,7-8,19H,3-4,6,9-10H2,1-2H3,(H2,15,16);2*1H. The topological polar surface area (TPSA) is 67.3 Å². The first kappa shape index (κ1) is 19.8. The summed E-state index contributed by atoms with van der Waals surface area (Å²) in [7, 11) is 0. The number of phenolic OH excluding ortho intramolecular Hbond substituents is 1. The van der Waals surface area contributed by atoms with E-state index in [0.29, 0.717) is 11.2 Å². The molecular weight excluding hydrogens is 311 g/mol. The van der Waals surface area contributed by atoms with E-state index in [0.717, 1.165) is 38.1 Å².